The van der Waals surface area contributed by atoms with E-state index in [1.54, 1.807) is 27.9 Å². The summed E-state index contributed by atoms with van der Waals surface area (Å²) in [6.07, 6.45) is 3.97. The molecule has 2 aromatic rings. The van der Waals surface area contributed by atoms with Crippen LogP contribution in [-0.2, 0) is 21.4 Å². The Hall–Kier alpha value is -2.99. The van der Waals surface area contributed by atoms with Gasteiger partial charge < -0.3 is 4.90 Å². The first-order valence-electron chi connectivity index (χ1n) is 12.6. The average Bonchev–Trinajstić information content (AvgIpc) is 3.55. The van der Waals surface area contributed by atoms with Gasteiger partial charge in [0.25, 0.3) is 5.91 Å². The summed E-state index contributed by atoms with van der Waals surface area (Å²) in [6, 6.07) is 4.77. The Morgan fingerprint density at radius 3 is 2.69 bits per heavy atom. The number of sulfonamides is 1. The van der Waals surface area contributed by atoms with Crippen molar-refractivity contribution >= 4 is 33.5 Å². The number of hydrogen-bond donors (Lipinski definition) is 2. The third kappa shape index (κ3) is 3.61. The van der Waals surface area contributed by atoms with Crippen LogP contribution >= 0.6 is 0 Å². The lowest BCUT2D eigenvalue weighted by Gasteiger charge is -2.34. The number of amides is 2. The molecular weight excluding hydrogens is 482 g/mol. The molecule has 2 aromatic heterocycles. The van der Waals surface area contributed by atoms with Crippen molar-refractivity contribution < 1.29 is 22.7 Å². The van der Waals surface area contributed by atoms with E-state index >= 15 is 0 Å². The van der Waals surface area contributed by atoms with E-state index in [-0.39, 0.29) is 40.0 Å². The molecule has 6 heterocycles. The Morgan fingerprint density at radius 1 is 1.14 bits per heavy atom. The first kappa shape index (κ1) is 23.4. The minimum Gasteiger partial charge on any atom is -0.350 e. The maximum Gasteiger partial charge on any atom is 0.343 e. The Kier molecular flexibility index (Phi) is 5.21. The minimum absolute atomic E-state index is 0.0106. The molecule has 0 aromatic carbocycles. The van der Waals surface area contributed by atoms with Crippen molar-refractivity contribution in [2.45, 2.75) is 63.3 Å². The van der Waals surface area contributed by atoms with Gasteiger partial charge in [-0.15, -0.1) is 0 Å². The van der Waals surface area contributed by atoms with Crippen molar-refractivity contribution in [2.24, 2.45) is 11.8 Å². The number of rotatable bonds is 1. The van der Waals surface area contributed by atoms with Crippen molar-refractivity contribution in [2.75, 3.05) is 29.4 Å². The van der Waals surface area contributed by atoms with E-state index in [1.807, 2.05) is 11.6 Å². The van der Waals surface area contributed by atoms with E-state index in [9.17, 15) is 18.0 Å². The molecule has 192 valence electrons. The molecule has 3 unspecified atom stereocenters. The first-order chi connectivity index (χ1) is 17.0. The number of nitrogens with one attached hydrogen (secondary N) is 2. The highest BCUT2D eigenvalue weighted by Crippen LogP contribution is 2.39. The molecule has 36 heavy (non-hydrogen) atoms. The maximum atomic E-state index is 13.5. The molecule has 11 nitrogen and oxygen atoms in total. The summed E-state index contributed by atoms with van der Waals surface area (Å²) in [4.78, 5) is 34.8. The average molecular weight is 515 g/mol. The van der Waals surface area contributed by atoms with Crippen LogP contribution in [0, 0.1) is 11.8 Å². The molecule has 6 rings (SSSR count). The van der Waals surface area contributed by atoms with E-state index in [0.29, 0.717) is 37.8 Å². The van der Waals surface area contributed by atoms with Gasteiger partial charge in [-0.2, -0.15) is 13.1 Å². The zero-order valence-corrected chi connectivity index (χ0v) is 21.6. The third-order valence-electron chi connectivity index (χ3n) is 8.03. The predicted octanol–water partition coefficient (Wildman–Crippen LogP) is 0.773. The van der Waals surface area contributed by atoms with Crippen LogP contribution in [0.2, 0.25) is 0 Å². The predicted molar refractivity (Wildman–Crippen MR) is 131 cm³/mol. The van der Waals surface area contributed by atoms with Crippen molar-refractivity contribution in [3.05, 3.63) is 30.0 Å². The fraction of sp³-hybridized carbons (Fsp3) is 0.583. The van der Waals surface area contributed by atoms with Gasteiger partial charge in [-0.25, -0.2) is 9.71 Å². The fourth-order valence-electron chi connectivity index (χ4n) is 6.17. The van der Waals surface area contributed by atoms with Crippen LogP contribution in [0.5, 0.6) is 0 Å². The minimum atomic E-state index is -4.14. The molecule has 2 N–H and O–H groups in total. The van der Waals surface area contributed by atoms with E-state index in [4.69, 9.17) is 4.98 Å². The monoisotopic (exact) mass is 514 g/mol. The summed E-state index contributed by atoms with van der Waals surface area (Å²) in [7, 11) is -4.14. The van der Waals surface area contributed by atoms with Crippen LogP contribution in [0.3, 0.4) is 0 Å². The topological polar surface area (TPSA) is 121 Å². The van der Waals surface area contributed by atoms with Gasteiger partial charge in [0.2, 0.25) is 12.1 Å². The quantitative estimate of drug-likeness (QED) is 0.540. The molecule has 0 saturated carbocycles. The SMILES string of the molecule is CC1CCN(c2ccc3c(n2)N2CC(CNC4CCn5ccc([n+]54)S(=O)(=O)NC3=O)CC2(C)C)C1=O. The van der Waals surface area contributed by atoms with Gasteiger partial charge in [-0.1, -0.05) is 11.6 Å². The largest absolute Gasteiger partial charge is 0.350 e. The summed E-state index contributed by atoms with van der Waals surface area (Å²) in [6.45, 7) is 8.78. The Labute approximate surface area is 210 Å². The molecule has 0 aliphatic carbocycles. The molecule has 4 aliphatic heterocycles. The number of pyridine rings is 1. The molecule has 3 atom stereocenters. The smallest absolute Gasteiger partial charge is 0.343 e. The second-order valence-electron chi connectivity index (χ2n) is 11.0. The van der Waals surface area contributed by atoms with Gasteiger partial charge in [-0.3, -0.25) is 19.8 Å². The van der Waals surface area contributed by atoms with Crippen molar-refractivity contribution in [1.82, 2.24) is 19.7 Å². The lowest BCUT2D eigenvalue weighted by molar-refractivity contribution is -0.816. The van der Waals surface area contributed by atoms with E-state index < -0.39 is 15.9 Å². The number of anilines is 2. The highest BCUT2D eigenvalue weighted by Gasteiger charge is 2.45. The van der Waals surface area contributed by atoms with E-state index in [2.05, 4.69) is 28.8 Å². The van der Waals surface area contributed by atoms with Crippen LogP contribution in [0.4, 0.5) is 11.6 Å². The molecule has 2 bridgehead atoms. The number of hydrogen-bond acceptors (Lipinski definition) is 7. The van der Waals surface area contributed by atoms with E-state index in [1.165, 1.54) is 6.07 Å². The number of carbonyl (C=O) groups excluding carboxylic acids is 2. The van der Waals surface area contributed by atoms with Gasteiger partial charge in [0.15, 0.2) is 0 Å². The highest BCUT2D eigenvalue weighted by atomic mass is 32.2. The standard InChI is InChI=1S/C24H31N7O4S/c1-15-6-11-29(23(15)33)19-5-4-17-21(26-19)30-14-16(12-24(30,2)3)13-25-18-7-9-28-10-8-20(31(18)28)36(34,35)27-22(17)32/h4-5,8,10,15-16,18,25H,6-7,9,11-14H2,1-3H3/p+1. The Balaban J connectivity index is 1.47. The van der Waals surface area contributed by atoms with Gasteiger partial charge >= 0.3 is 15.0 Å². The number of aromatic nitrogens is 3. The van der Waals surface area contributed by atoms with Crippen molar-refractivity contribution in [1.29, 1.82) is 0 Å². The zero-order chi connectivity index (χ0) is 25.4. The lowest BCUT2D eigenvalue weighted by Crippen LogP contribution is -2.53. The summed E-state index contributed by atoms with van der Waals surface area (Å²) in [5.74, 6) is 0.385. The zero-order valence-electron chi connectivity index (χ0n) is 20.8. The summed E-state index contributed by atoms with van der Waals surface area (Å²) < 4.78 is 32.6. The molecular formula is C24H32N7O4S+. The van der Waals surface area contributed by atoms with Gasteiger partial charge in [0, 0.05) is 37.2 Å². The molecule has 0 radical (unpaired) electrons. The number of carbonyl (C=O) groups is 2. The third-order valence-corrected chi connectivity index (χ3v) is 9.36. The molecule has 2 amide bonds. The summed E-state index contributed by atoms with van der Waals surface area (Å²) in [5, 5.41) is 3.63. The van der Waals surface area contributed by atoms with Crippen LogP contribution in [-0.4, -0.2) is 55.1 Å². The van der Waals surface area contributed by atoms with Crippen LogP contribution < -0.4 is 24.5 Å². The lowest BCUT2D eigenvalue weighted by atomic mass is 9.96. The van der Waals surface area contributed by atoms with Gasteiger partial charge in [-0.05, 0) is 44.7 Å². The number of fused-ring (bicyclic) bond motifs is 4. The van der Waals surface area contributed by atoms with Crippen LogP contribution in [0.1, 0.15) is 56.6 Å². The molecule has 2 fully saturated rings. The Bertz CT molecular complexity index is 1370. The molecule has 12 heteroatoms. The normalized spacial score (nSPS) is 28.7. The number of aryl methyl sites for hydroxylation is 1. The van der Waals surface area contributed by atoms with Crippen LogP contribution in [0.15, 0.2) is 29.4 Å². The van der Waals surface area contributed by atoms with Crippen molar-refractivity contribution in [3.63, 3.8) is 0 Å². The molecule has 2 saturated heterocycles. The van der Waals surface area contributed by atoms with Crippen molar-refractivity contribution in [3.8, 4) is 0 Å². The second-order valence-corrected chi connectivity index (χ2v) is 12.7. The van der Waals surface area contributed by atoms with Gasteiger partial charge in [0.05, 0.1) is 24.7 Å². The molecule has 0 spiro atoms. The number of nitrogens with zero attached hydrogens (tertiary/aromatic N) is 5. The Morgan fingerprint density at radius 2 is 1.94 bits per heavy atom. The van der Waals surface area contributed by atoms with Crippen LogP contribution in [0.25, 0.3) is 0 Å². The second kappa shape index (κ2) is 8.01. The first-order valence-corrected chi connectivity index (χ1v) is 14.0. The van der Waals surface area contributed by atoms with Gasteiger partial charge in [0.1, 0.15) is 11.6 Å². The van der Waals surface area contributed by atoms with E-state index in [0.717, 1.165) is 19.3 Å². The summed E-state index contributed by atoms with van der Waals surface area (Å²) in [5.41, 5.74) is -0.132. The fourth-order valence-corrected chi connectivity index (χ4v) is 7.34. The summed E-state index contributed by atoms with van der Waals surface area (Å²) >= 11 is 0. The maximum absolute atomic E-state index is 13.5. The molecule has 4 aliphatic rings. The highest BCUT2D eigenvalue weighted by molar-refractivity contribution is 7.89.